The molecule has 19 heavy (non-hydrogen) atoms. The standard InChI is InChI=1S/C13H24N2O3S/c1-12(2,19(3,17)18)11(16)15-10-5-8-14-13(9-10)6-4-7-13/h10,14H,4-9H2,1-3H3,(H,15,16). The molecule has 1 aliphatic heterocycles. The molecule has 2 rings (SSSR count). The molecule has 1 unspecified atom stereocenters. The van der Waals surface area contributed by atoms with E-state index < -0.39 is 14.6 Å². The summed E-state index contributed by atoms with van der Waals surface area (Å²) in [4.78, 5) is 12.2. The second-order valence-corrected chi connectivity index (χ2v) is 9.07. The van der Waals surface area contributed by atoms with Gasteiger partial charge in [0.15, 0.2) is 9.84 Å². The number of nitrogens with one attached hydrogen (secondary N) is 2. The Balaban J connectivity index is 1.99. The van der Waals surface area contributed by atoms with E-state index >= 15 is 0 Å². The lowest BCUT2D eigenvalue weighted by Gasteiger charge is -2.48. The maximum absolute atomic E-state index is 12.2. The Morgan fingerprint density at radius 1 is 1.37 bits per heavy atom. The molecule has 1 heterocycles. The van der Waals surface area contributed by atoms with Crippen LogP contribution in [0.25, 0.3) is 0 Å². The van der Waals surface area contributed by atoms with Crippen molar-refractivity contribution in [2.45, 2.75) is 62.3 Å². The first kappa shape index (κ1) is 14.8. The SMILES string of the molecule is CC(C)(C(=O)NC1CCNC2(CCC2)C1)S(C)(=O)=O. The van der Waals surface area contributed by atoms with Gasteiger partial charge < -0.3 is 10.6 Å². The third kappa shape index (κ3) is 2.79. The largest absolute Gasteiger partial charge is 0.352 e. The van der Waals surface area contributed by atoms with Crippen molar-refractivity contribution in [3.05, 3.63) is 0 Å². The molecule has 5 nitrogen and oxygen atoms in total. The summed E-state index contributed by atoms with van der Waals surface area (Å²) in [7, 11) is -3.40. The second kappa shape index (κ2) is 4.74. The average molecular weight is 288 g/mol. The van der Waals surface area contributed by atoms with Crippen LogP contribution in [0.4, 0.5) is 0 Å². The number of hydrogen-bond acceptors (Lipinski definition) is 4. The summed E-state index contributed by atoms with van der Waals surface area (Å²) in [5, 5.41) is 6.47. The molecule has 0 aromatic heterocycles. The molecule has 0 aromatic rings. The van der Waals surface area contributed by atoms with Gasteiger partial charge in [0.25, 0.3) is 0 Å². The lowest BCUT2D eigenvalue weighted by molar-refractivity contribution is -0.124. The smallest absolute Gasteiger partial charge is 0.241 e. The van der Waals surface area contributed by atoms with E-state index in [2.05, 4.69) is 10.6 Å². The zero-order valence-electron chi connectivity index (χ0n) is 12.0. The van der Waals surface area contributed by atoms with E-state index in [0.717, 1.165) is 38.5 Å². The van der Waals surface area contributed by atoms with E-state index in [9.17, 15) is 13.2 Å². The van der Waals surface area contributed by atoms with Gasteiger partial charge in [-0.2, -0.15) is 0 Å². The third-order valence-electron chi connectivity index (χ3n) is 4.75. The predicted molar refractivity (Wildman–Crippen MR) is 74.7 cm³/mol. The van der Waals surface area contributed by atoms with Gasteiger partial charge in [-0.3, -0.25) is 4.79 Å². The predicted octanol–water partition coefficient (Wildman–Crippen LogP) is 0.601. The molecule has 6 heteroatoms. The molecule has 1 saturated heterocycles. The van der Waals surface area contributed by atoms with Gasteiger partial charge in [-0.1, -0.05) is 0 Å². The highest BCUT2D eigenvalue weighted by Crippen LogP contribution is 2.38. The van der Waals surface area contributed by atoms with Crippen LogP contribution in [0, 0.1) is 0 Å². The molecule has 110 valence electrons. The van der Waals surface area contributed by atoms with E-state index in [1.165, 1.54) is 20.3 Å². The molecule has 1 saturated carbocycles. The minimum atomic E-state index is -3.40. The van der Waals surface area contributed by atoms with Crippen LogP contribution in [0.5, 0.6) is 0 Å². The first-order chi connectivity index (χ1) is 8.66. The van der Waals surface area contributed by atoms with E-state index in [4.69, 9.17) is 0 Å². The molecule has 0 aromatic carbocycles. The summed E-state index contributed by atoms with van der Waals surface area (Å²) in [6.45, 7) is 3.83. The van der Waals surface area contributed by atoms with Crippen LogP contribution < -0.4 is 10.6 Å². The summed E-state index contributed by atoms with van der Waals surface area (Å²) in [6.07, 6.45) is 6.46. The van der Waals surface area contributed by atoms with Crippen LogP contribution in [0.3, 0.4) is 0 Å². The Bertz CT molecular complexity index is 466. The third-order valence-corrected chi connectivity index (χ3v) is 6.79. The molecule has 1 aliphatic carbocycles. The van der Waals surface area contributed by atoms with Crippen molar-refractivity contribution in [1.82, 2.24) is 10.6 Å². The Hall–Kier alpha value is -0.620. The van der Waals surface area contributed by atoms with Crippen molar-refractivity contribution in [3.8, 4) is 0 Å². The summed E-state index contributed by atoms with van der Waals surface area (Å²) in [5.74, 6) is -0.378. The van der Waals surface area contributed by atoms with Crippen LogP contribution in [0.15, 0.2) is 0 Å². The Morgan fingerprint density at radius 2 is 2.00 bits per heavy atom. The van der Waals surface area contributed by atoms with Crippen molar-refractivity contribution >= 4 is 15.7 Å². The molecule has 0 radical (unpaired) electrons. The van der Waals surface area contributed by atoms with E-state index in [0.29, 0.717) is 0 Å². The number of rotatable bonds is 3. The van der Waals surface area contributed by atoms with Crippen LogP contribution in [-0.4, -0.2) is 43.5 Å². The minimum absolute atomic E-state index is 0.0927. The van der Waals surface area contributed by atoms with Gasteiger partial charge in [-0.15, -0.1) is 0 Å². The zero-order valence-corrected chi connectivity index (χ0v) is 12.8. The average Bonchev–Trinajstić information content (AvgIpc) is 2.25. The molecule has 1 amide bonds. The molecule has 2 aliphatic rings. The summed E-state index contributed by atoms with van der Waals surface area (Å²) in [5.41, 5.74) is 0.200. The molecule has 2 N–H and O–H groups in total. The molecule has 1 spiro atoms. The van der Waals surface area contributed by atoms with Gasteiger partial charge in [0.2, 0.25) is 5.91 Å². The molecule has 0 bridgehead atoms. The topological polar surface area (TPSA) is 75.3 Å². The molecule has 1 atom stereocenters. The van der Waals surface area contributed by atoms with Crippen molar-refractivity contribution < 1.29 is 13.2 Å². The van der Waals surface area contributed by atoms with E-state index in [1.807, 2.05) is 0 Å². The minimum Gasteiger partial charge on any atom is -0.352 e. The Labute approximate surface area is 115 Å². The van der Waals surface area contributed by atoms with Crippen molar-refractivity contribution in [2.24, 2.45) is 0 Å². The fourth-order valence-electron chi connectivity index (χ4n) is 2.79. The summed E-state index contributed by atoms with van der Waals surface area (Å²) in [6, 6.07) is 0.0927. The van der Waals surface area contributed by atoms with Gasteiger partial charge in [0, 0.05) is 17.8 Å². The number of carbonyl (C=O) groups is 1. The number of sulfone groups is 1. The number of amides is 1. The Kier molecular flexibility index (Phi) is 3.68. The highest BCUT2D eigenvalue weighted by Gasteiger charge is 2.44. The van der Waals surface area contributed by atoms with Gasteiger partial charge in [0.1, 0.15) is 4.75 Å². The maximum atomic E-state index is 12.2. The second-order valence-electron chi connectivity index (χ2n) is 6.51. The van der Waals surface area contributed by atoms with Gasteiger partial charge in [-0.25, -0.2) is 8.42 Å². The molecular formula is C13H24N2O3S. The van der Waals surface area contributed by atoms with Crippen molar-refractivity contribution in [3.63, 3.8) is 0 Å². The number of piperidine rings is 1. The van der Waals surface area contributed by atoms with Crippen LogP contribution in [0.2, 0.25) is 0 Å². The Morgan fingerprint density at radius 3 is 2.47 bits per heavy atom. The van der Waals surface area contributed by atoms with Crippen LogP contribution >= 0.6 is 0 Å². The van der Waals surface area contributed by atoms with Crippen LogP contribution in [-0.2, 0) is 14.6 Å². The van der Waals surface area contributed by atoms with Crippen LogP contribution in [0.1, 0.15) is 46.0 Å². The number of hydrogen-bond donors (Lipinski definition) is 2. The van der Waals surface area contributed by atoms with Gasteiger partial charge in [0.05, 0.1) is 0 Å². The molecular weight excluding hydrogens is 264 g/mol. The first-order valence-corrected chi connectivity index (χ1v) is 8.81. The fraction of sp³-hybridized carbons (Fsp3) is 0.923. The van der Waals surface area contributed by atoms with Crippen molar-refractivity contribution in [1.29, 1.82) is 0 Å². The summed E-state index contributed by atoms with van der Waals surface area (Å²) < 4.78 is 22.0. The molecule has 2 fully saturated rings. The van der Waals surface area contributed by atoms with E-state index in [1.54, 1.807) is 0 Å². The maximum Gasteiger partial charge on any atom is 0.241 e. The van der Waals surface area contributed by atoms with Gasteiger partial charge >= 0.3 is 0 Å². The number of carbonyl (C=O) groups excluding carboxylic acids is 1. The lowest BCUT2D eigenvalue weighted by Crippen LogP contribution is -2.61. The first-order valence-electron chi connectivity index (χ1n) is 6.92. The zero-order chi connectivity index (χ0) is 14.3. The normalized spacial score (nSPS) is 26.8. The lowest BCUT2D eigenvalue weighted by atomic mass is 9.70. The van der Waals surface area contributed by atoms with Crippen molar-refractivity contribution in [2.75, 3.05) is 12.8 Å². The highest BCUT2D eigenvalue weighted by atomic mass is 32.2. The highest BCUT2D eigenvalue weighted by molar-refractivity contribution is 7.92. The quantitative estimate of drug-likeness (QED) is 0.797. The van der Waals surface area contributed by atoms with Gasteiger partial charge in [-0.05, 0) is 52.5 Å². The fourth-order valence-corrected chi connectivity index (χ4v) is 3.19. The van der Waals surface area contributed by atoms with E-state index in [-0.39, 0.29) is 17.5 Å². The summed E-state index contributed by atoms with van der Waals surface area (Å²) >= 11 is 0. The monoisotopic (exact) mass is 288 g/mol.